The van der Waals surface area contributed by atoms with Crippen LogP contribution >= 0.6 is 0 Å². The van der Waals surface area contributed by atoms with Crippen molar-refractivity contribution in [2.75, 3.05) is 0 Å². The average molecular weight is 288 g/mol. The number of nitrogens with zero attached hydrogens (tertiary/aromatic N) is 1. The number of nitrogens with one attached hydrogen (secondary N) is 1. The number of alkyl halides is 2. The molecule has 6 nitrogen and oxygen atoms in total. The normalized spacial score (nSPS) is 32.2. The van der Waals surface area contributed by atoms with Crippen molar-refractivity contribution in [2.24, 2.45) is 5.92 Å². The highest BCUT2D eigenvalue weighted by atomic mass is 19.3. The Labute approximate surface area is 112 Å². The van der Waals surface area contributed by atoms with Crippen LogP contribution < -0.4 is 11.2 Å². The lowest BCUT2D eigenvalue weighted by Gasteiger charge is -2.24. The zero-order valence-corrected chi connectivity index (χ0v) is 10.9. The summed E-state index contributed by atoms with van der Waals surface area (Å²) in [6.07, 6.45) is -0.584. The minimum atomic E-state index is -3.42. The van der Waals surface area contributed by atoms with Crippen LogP contribution in [0.1, 0.15) is 26.5 Å². The molecule has 1 saturated heterocycles. The van der Waals surface area contributed by atoms with E-state index in [-0.39, 0.29) is 6.42 Å². The zero-order valence-electron chi connectivity index (χ0n) is 10.9. The number of halogens is 2. The Kier molecular flexibility index (Phi) is 3.37. The first kappa shape index (κ1) is 14.6. The van der Waals surface area contributed by atoms with Crippen molar-refractivity contribution in [3.05, 3.63) is 33.1 Å². The summed E-state index contributed by atoms with van der Waals surface area (Å²) < 4.78 is 34.4. The smallest absolute Gasteiger partial charge is 0.330 e. The number of carbonyl (C=O) groups excluding carboxylic acids is 1. The van der Waals surface area contributed by atoms with Crippen LogP contribution in [0, 0.1) is 5.92 Å². The van der Waals surface area contributed by atoms with E-state index in [2.05, 4.69) is 0 Å². The summed E-state index contributed by atoms with van der Waals surface area (Å²) in [6.45, 7) is 2.76. The molecule has 1 fully saturated rings. The van der Waals surface area contributed by atoms with Crippen molar-refractivity contribution >= 4 is 6.29 Å². The molecule has 0 spiro atoms. The number of carbonyl (C=O) groups is 1. The third kappa shape index (κ3) is 1.91. The largest absolute Gasteiger partial charge is 0.337 e. The molecule has 2 heterocycles. The second-order valence-corrected chi connectivity index (χ2v) is 4.81. The first-order valence-electron chi connectivity index (χ1n) is 6.12. The highest BCUT2D eigenvalue weighted by molar-refractivity contribution is 5.64. The third-order valence-corrected chi connectivity index (χ3v) is 3.83. The summed E-state index contributed by atoms with van der Waals surface area (Å²) in [7, 11) is 0. The fourth-order valence-corrected chi connectivity index (χ4v) is 2.38. The Morgan fingerprint density at radius 2 is 2.15 bits per heavy atom. The zero-order chi connectivity index (χ0) is 15.1. The van der Waals surface area contributed by atoms with Gasteiger partial charge in [-0.25, -0.2) is 13.6 Å². The fourth-order valence-electron chi connectivity index (χ4n) is 2.38. The highest BCUT2D eigenvalue weighted by Gasteiger charge is 2.64. The molecule has 0 unspecified atom stereocenters. The van der Waals surface area contributed by atoms with E-state index < -0.39 is 34.9 Å². The summed E-state index contributed by atoms with van der Waals surface area (Å²) in [5, 5.41) is 0. The minimum absolute atomic E-state index is 0.0574. The number of aromatic nitrogens is 2. The molecule has 0 aliphatic carbocycles. The van der Waals surface area contributed by atoms with E-state index in [1.165, 1.54) is 6.92 Å². The molecule has 3 atom stereocenters. The molecule has 8 heteroatoms. The van der Waals surface area contributed by atoms with Gasteiger partial charge >= 0.3 is 5.69 Å². The van der Waals surface area contributed by atoms with E-state index in [0.717, 1.165) is 12.3 Å². The maximum Gasteiger partial charge on any atom is 0.330 e. The van der Waals surface area contributed by atoms with Crippen LogP contribution in [-0.4, -0.2) is 27.4 Å². The van der Waals surface area contributed by atoms with Gasteiger partial charge in [-0.15, -0.1) is 0 Å². The molecule has 20 heavy (non-hydrogen) atoms. The van der Waals surface area contributed by atoms with E-state index >= 15 is 0 Å². The fraction of sp³-hybridized carbons (Fsp3) is 0.583. The summed E-state index contributed by atoms with van der Waals surface area (Å²) in [4.78, 5) is 35.6. The SMILES string of the molecule is CC[C@@]1(C=O)O[C@@H](n2ccc(=O)[nH]c2=O)C(F)(F)[C@@H]1C. The van der Waals surface area contributed by atoms with E-state index in [0.29, 0.717) is 10.9 Å². The van der Waals surface area contributed by atoms with Crippen LogP contribution in [0.5, 0.6) is 0 Å². The molecular formula is C12H14F2N2O4. The molecule has 0 radical (unpaired) electrons. The number of H-pyrrole nitrogens is 1. The molecule has 0 aromatic carbocycles. The monoisotopic (exact) mass is 288 g/mol. The first-order valence-corrected chi connectivity index (χ1v) is 6.12. The number of ether oxygens (including phenoxy) is 1. The molecule has 1 aromatic rings. The Morgan fingerprint density at radius 3 is 2.60 bits per heavy atom. The summed E-state index contributed by atoms with van der Waals surface area (Å²) in [5.74, 6) is -4.81. The van der Waals surface area contributed by atoms with Crippen LogP contribution in [0.3, 0.4) is 0 Å². The van der Waals surface area contributed by atoms with Gasteiger partial charge in [-0.3, -0.25) is 14.3 Å². The minimum Gasteiger partial charge on any atom is -0.337 e. The molecule has 0 amide bonds. The summed E-state index contributed by atoms with van der Waals surface area (Å²) in [5.41, 5.74) is -3.35. The van der Waals surface area contributed by atoms with Crippen molar-refractivity contribution in [3.8, 4) is 0 Å². The van der Waals surface area contributed by atoms with Crippen molar-refractivity contribution in [3.63, 3.8) is 0 Å². The Bertz CT molecular complexity index is 639. The molecule has 0 bridgehead atoms. The standard InChI is InChI=1S/C12H14F2N2O4/c1-3-11(6-17)7(2)12(13,14)9(20-11)16-5-4-8(18)15-10(16)19/h4-7,9H,3H2,1-2H3,(H,15,18,19)/t7-,9-,11+/m1/s1. The van der Waals surface area contributed by atoms with Gasteiger partial charge in [0.25, 0.3) is 11.5 Å². The van der Waals surface area contributed by atoms with Gasteiger partial charge in [0.05, 0.1) is 5.92 Å². The van der Waals surface area contributed by atoms with Crippen LogP contribution in [0.2, 0.25) is 0 Å². The predicted molar refractivity (Wildman–Crippen MR) is 64.6 cm³/mol. The van der Waals surface area contributed by atoms with Crippen molar-refractivity contribution in [1.82, 2.24) is 9.55 Å². The molecule has 1 aliphatic rings. The van der Waals surface area contributed by atoms with Gasteiger partial charge in [0.1, 0.15) is 5.60 Å². The van der Waals surface area contributed by atoms with Gasteiger partial charge in [-0.2, -0.15) is 0 Å². The molecule has 1 aromatic heterocycles. The second-order valence-electron chi connectivity index (χ2n) is 4.81. The molecular weight excluding hydrogens is 274 g/mol. The topological polar surface area (TPSA) is 81.2 Å². The van der Waals surface area contributed by atoms with Crippen LogP contribution in [-0.2, 0) is 9.53 Å². The molecule has 0 saturated carbocycles. The maximum absolute atomic E-state index is 14.3. The van der Waals surface area contributed by atoms with Gasteiger partial charge < -0.3 is 9.53 Å². The number of hydrogen-bond acceptors (Lipinski definition) is 4. The highest BCUT2D eigenvalue weighted by Crippen LogP contribution is 2.51. The first-order chi connectivity index (χ1) is 9.28. The van der Waals surface area contributed by atoms with E-state index in [1.807, 2.05) is 4.98 Å². The van der Waals surface area contributed by atoms with Crippen molar-refractivity contribution in [2.45, 2.75) is 38.0 Å². The molecule has 1 N–H and O–H groups in total. The predicted octanol–water partition coefficient (Wildman–Crippen LogP) is 0.684. The lowest BCUT2D eigenvalue weighted by atomic mass is 9.85. The Morgan fingerprint density at radius 1 is 1.50 bits per heavy atom. The third-order valence-electron chi connectivity index (χ3n) is 3.83. The lowest BCUT2D eigenvalue weighted by Crippen LogP contribution is -2.41. The second kappa shape index (κ2) is 4.62. The van der Waals surface area contributed by atoms with Gasteiger partial charge in [0.2, 0.25) is 6.23 Å². The van der Waals surface area contributed by atoms with Crippen LogP contribution in [0.15, 0.2) is 21.9 Å². The van der Waals surface area contributed by atoms with E-state index in [4.69, 9.17) is 4.74 Å². The lowest BCUT2D eigenvalue weighted by molar-refractivity contribution is -0.147. The van der Waals surface area contributed by atoms with Gasteiger partial charge in [0, 0.05) is 12.3 Å². The summed E-state index contributed by atoms with van der Waals surface area (Å²) in [6, 6.07) is 0.943. The van der Waals surface area contributed by atoms with Crippen LogP contribution in [0.4, 0.5) is 8.78 Å². The van der Waals surface area contributed by atoms with Gasteiger partial charge in [-0.1, -0.05) is 13.8 Å². The van der Waals surface area contributed by atoms with E-state index in [9.17, 15) is 23.2 Å². The molecule has 110 valence electrons. The average Bonchev–Trinajstić information content (AvgIpc) is 2.60. The number of aldehydes is 1. The van der Waals surface area contributed by atoms with Gasteiger partial charge in [-0.05, 0) is 6.42 Å². The molecule has 1 aliphatic heterocycles. The van der Waals surface area contributed by atoms with Crippen molar-refractivity contribution in [1.29, 1.82) is 0 Å². The van der Waals surface area contributed by atoms with Crippen LogP contribution in [0.25, 0.3) is 0 Å². The molecule has 2 rings (SSSR count). The Hall–Kier alpha value is -1.83. The van der Waals surface area contributed by atoms with Gasteiger partial charge in [0.15, 0.2) is 6.29 Å². The number of aromatic amines is 1. The quantitative estimate of drug-likeness (QED) is 0.829. The van der Waals surface area contributed by atoms with Crippen molar-refractivity contribution < 1.29 is 18.3 Å². The van der Waals surface area contributed by atoms with E-state index in [1.54, 1.807) is 6.92 Å². The number of rotatable bonds is 3. The summed E-state index contributed by atoms with van der Waals surface area (Å²) >= 11 is 0. The number of hydrogen-bond donors (Lipinski definition) is 1. The Balaban J connectivity index is 2.55. The maximum atomic E-state index is 14.3.